The molecular formula is C17H23F2N5O. The zero-order chi connectivity index (χ0) is 18.4. The van der Waals surface area contributed by atoms with Crippen LogP contribution in [0.2, 0.25) is 0 Å². The molecule has 0 spiro atoms. The Bertz CT molecular complexity index is 711. The normalized spacial score (nSPS) is 14.8. The summed E-state index contributed by atoms with van der Waals surface area (Å²) in [6, 6.07) is 3.44. The van der Waals surface area contributed by atoms with Gasteiger partial charge in [0.25, 0.3) is 5.91 Å². The molecule has 1 aromatic carbocycles. The van der Waals surface area contributed by atoms with Crippen molar-refractivity contribution in [2.24, 2.45) is 0 Å². The highest BCUT2D eigenvalue weighted by Gasteiger charge is 2.24. The smallest absolute Gasteiger partial charge is 0.259 e. The van der Waals surface area contributed by atoms with Crippen molar-refractivity contribution in [3.63, 3.8) is 0 Å². The molecule has 0 bridgehead atoms. The molecule has 2 heterocycles. The summed E-state index contributed by atoms with van der Waals surface area (Å²) in [4.78, 5) is 16.0. The lowest BCUT2D eigenvalue weighted by molar-refractivity contribution is 0.0628. The number of aromatic amines is 1. The van der Waals surface area contributed by atoms with Crippen LogP contribution in [0, 0.1) is 11.6 Å². The molecule has 1 amide bonds. The molecule has 6 nitrogen and oxygen atoms in total. The second kappa shape index (κ2) is 8.57. The third-order valence-corrected chi connectivity index (χ3v) is 3.96. The van der Waals surface area contributed by atoms with Gasteiger partial charge in [-0.15, -0.1) is 0 Å². The molecule has 136 valence electrons. The molecule has 1 aliphatic heterocycles. The molecule has 2 aromatic rings. The van der Waals surface area contributed by atoms with Gasteiger partial charge in [0, 0.05) is 38.3 Å². The van der Waals surface area contributed by atoms with E-state index >= 15 is 0 Å². The Labute approximate surface area is 145 Å². The van der Waals surface area contributed by atoms with Gasteiger partial charge < -0.3 is 10.6 Å². The molecule has 3 N–H and O–H groups in total. The van der Waals surface area contributed by atoms with Gasteiger partial charge in [-0.3, -0.25) is 14.8 Å². The van der Waals surface area contributed by atoms with Gasteiger partial charge in [-0.05, 0) is 18.2 Å². The monoisotopic (exact) mass is 351 g/mol. The van der Waals surface area contributed by atoms with E-state index in [1.54, 1.807) is 4.90 Å². The molecule has 25 heavy (non-hydrogen) atoms. The van der Waals surface area contributed by atoms with E-state index in [1.165, 1.54) is 12.3 Å². The highest BCUT2D eigenvalue weighted by atomic mass is 19.1. The van der Waals surface area contributed by atoms with E-state index < -0.39 is 11.6 Å². The van der Waals surface area contributed by atoms with E-state index in [0.29, 0.717) is 43.9 Å². The molecular weight excluding hydrogens is 328 g/mol. The van der Waals surface area contributed by atoms with Crippen LogP contribution in [-0.4, -0.2) is 52.1 Å². The topological polar surface area (TPSA) is 78.2 Å². The number of nitrogens with zero attached hydrogens (tertiary/aromatic N) is 3. The molecule has 8 heteroatoms. The number of carbonyl (C=O) groups is 1. The van der Waals surface area contributed by atoms with Gasteiger partial charge >= 0.3 is 0 Å². The SMILES string of the molecule is CC.Nc1[nH]ncc1C(=O)N1CCN(Cc2cc(F)ccc2F)CC1. The van der Waals surface area contributed by atoms with Gasteiger partial charge in [0.2, 0.25) is 0 Å². The van der Waals surface area contributed by atoms with Gasteiger partial charge in [-0.25, -0.2) is 8.78 Å². The minimum absolute atomic E-state index is 0.173. The maximum atomic E-state index is 13.7. The second-order valence-electron chi connectivity index (χ2n) is 5.50. The fourth-order valence-corrected chi connectivity index (χ4v) is 2.65. The van der Waals surface area contributed by atoms with E-state index in [0.717, 1.165) is 12.1 Å². The van der Waals surface area contributed by atoms with E-state index in [4.69, 9.17) is 5.73 Å². The Morgan fingerprint density at radius 1 is 1.24 bits per heavy atom. The number of carbonyl (C=O) groups excluding carboxylic acids is 1. The summed E-state index contributed by atoms with van der Waals surface area (Å²) < 4.78 is 26.9. The predicted molar refractivity (Wildman–Crippen MR) is 91.9 cm³/mol. The molecule has 0 unspecified atom stereocenters. The number of nitrogens with two attached hydrogens (primary N) is 1. The summed E-state index contributed by atoms with van der Waals surface area (Å²) in [5, 5.41) is 6.28. The van der Waals surface area contributed by atoms with Crippen molar-refractivity contribution in [2.75, 3.05) is 31.9 Å². The van der Waals surface area contributed by atoms with Crippen LogP contribution in [0.4, 0.5) is 14.6 Å². The number of anilines is 1. The van der Waals surface area contributed by atoms with E-state index in [9.17, 15) is 13.6 Å². The number of rotatable bonds is 3. The van der Waals surface area contributed by atoms with E-state index in [1.807, 2.05) is 18.7 Å². The van der Waals surface area contributed by atoms with Gasteiger partial charge in [0.05, 0.1) is 6.20 Å². The summed E-state index contributed by atoms with van der Waals surface area (Å²) in [7, 11) is 0. The standard InChI is InChI=1S/C15H17F2N5O.C2H6/c16-11-1-2-13(17)10(7-11)9-21-3-5-22(6-4-21)15(23)12-8-19-20-14(12)18;1-2/h1-2,7-8H,3-6,9H2,(H3,18,19,20);1-2H3. The van der Waals surface area contributed by atoms with Gasteiger partial charge in [-0.1, -0.05) is 13.8 Å². The molecule has 1 fully saturated rings. The first-order valence-corrected chi connectivity index (χ1v) is 8.29. The van der Waals surface area contributed by atoms with Crippen LogP contribution in [0.25, 0.3) is 0 Å². The van der Waals surface area contributed by atoms with Crippen molar-refractivity contribution in [1.82, 2.24) is 20.0 Å². The molecule has 1 saturated heterocycles. The maximum absolute atomic E-state index is 13.7. The zero-order valence-electron chi connectivity index (χ0n) is 14.4. The van der Waals surface area contributed by atoms with Crippen LogP contribution in [0.5, 0.6) is 0 Å². The van der Waals surface area contributed by atoms with Crippen LogP contribution in [0.15, 0.2) is 24.4 Å². The van der Waals surface area contributed by atoms with E-state index in [-0.39, 0.29) is 11.7 Å². The lowest BCUT2D eigenvalue weighted by atomic mass is 10.1. The molecule has 0 saturated carbocycles. The number of aromatic nitrogens is 2. The number of benzene rings is 1. The summed E-state index contributed by atoms with van der Waals surface area (Å²) in [5.74, 6) is -0.797. The minimum atomic E-state index is -0.453. The van der Waals surface area contributed by atoms with Crippen molar-refractivity contribution < 1.29 is 13.6 Å². The summed E-state index contributed by atoms with van der Waals surface area (Å²) in [5.41, 5.74) is 6.33. The quantitative estimate of drug-likeness (QED) is 0.889. The molecule has 0 atom stereocenters. The lowest BCUT2D eigenvalue weighted by Crippen LogP contribution is -2.48. The van der Waals surface area contributed by atoms with Crippen LogP contribution in [0.3, 0.4) is 0 Å². The third kappa shape index (κ3) is 4.54. The molecule has 0 radical (unpaired) electrons. The van der Waals surface area contributed by atoms with Crippen molar-refractivity contribution in [2.45, 2.75) is 20.4 Å². The number of hydrogen-bond donors (Lipinski definition) is 2. The Morgan fingerprint density at radius 3 is 2.52 bits per heavy atom. The highest BCUT2D eigenvalue weighted by Crippen LogP contribution is 2.16. The molecule has 0 aliphatic carbocycles. The number of nitrogen functional groups attached to an aromatic ring is 1. The van der Waals surface area contributed by atoms with Gasteiger partial charge in [0.1, 0.15) is 23.0 Å². The third-order valence-electron chi connectivity index (χ3n) is 3.96. The number of piperazine rings is 1. The second-order valence-corrected chi connectivity index (χ2v) is 5.50. The Kier molecular flexibility index (Phi) is 6.46. The fraction of sp³-hybridized carbons (Fsp3) is 0.412. The largest absolute Gasteiger partial charge is 0.383 e. The molecule has 1 aromatic heterocycles. The predicted octanol–water partition coefficient (Wildman–Crippen LogP) is 2.25. The summed E-state index contributed by atoms with van der Waals surface area (Å²) >= 11 is 0. The van der Waals surface area contributed by atoms with Crippen molar-refractivity contribution in [3.8, 4) is 0 Å². The van der Waals surface area contributed by atoms with Crippen LogP contribution < -0.4 is 5.73 Å². The number of hydrogen-bond acceptors (Lipinski definition) is 4. The lowest BCUT2D eigenvalue weighted by Gasteiger charge is -2.34. The van der Waals surface area contributed by atoms with Crippen LogP contribution >= 0.6 is 0 Å². The van der Waals surface area contributed by atoms with E-state index in [2.05, 4.69) is 10.2 Å². The zero-order valence-corrected chi connectivity index (χ0v) is 14.4. The summed E-state index contributed by atoms with van der Waals surface area (Å²) in [6.45, 7) is 6.49. The highest BCUT2D eigenvalue weighted by molar-refractivity contribution is 5.98. The average molecular weight is 351 g/mol. The number of amides is 1. The minimum Gasteiger partial charge on any atom is -0.383 e. The van der Waals surface area contributed by atoms with Gasteiger partial charge in [-0.2, -0.15) is 5.10 Å². The first-order chi connectivity index (χ1) is 12.0. The maximum Gasteiger partial charge on any atom is 0.259 e. The van der Waals surface area contributed by atoms with Crippen LogP contribution in [0.1, 0.15) is 29.8 Å². The first kappa shape index (κ1) is 18.9. The molecule has 1 aliphatic rings. The first-order valence-electron chi connectivity index (χ1n) is 8.29. The van der Waals surface area contributed by atoms with Crippen molar-refractivity contribution in [1.29, 1.82) is 0 Å². The summed E-state index contributed by atoms with van der Waals surface area (Å²) in [6.07, 6.45) is 1.41. The van der Waals surface area contributed by atoms with Gasteiger partial charge in [0.15, 0.2) is 0 Å². The van der Waals surface area contributed by atoms with Crippen molar-refractivity contribution >= 4 is 11.7 Å². The Hall–Kier alpha value is -2.48. The number of H-pyrrole nitrogens is 1. The van der Waals surface area contributed by atoms with Crippen LogP contribution in [-0.2, 0) is 6.54 Å². The van der Waals surface area contributed by atoms with Crippen molar-refractivity contribution in [3.05, 3.63) is 47.2 Å². The fourth-order valence-electron chi connectivity index (χ4n) is 2.65. The number of halogens is 2. The average Bonchev–Trinajstić information content (AvgIpc) is 3.06. The molecule has 3 rings (SSSR count). The Balaban J connectivity index is 0.00000109. The number of nitrogens with one attached hydrogen (secondary N) is 1. The Morgan fingerprint density at radius 2 is 1.92 bits per heavy atom.